The Labute approximate surface area is 80.8 Å². The maximum Gasteiger partial charge on any atom is 0.123 e. The van der Waals surface area contributed by atoms with Crippen LogP contribution in [0.15, 0.2) is 24.4 Å². The average Bonchev–Trinajstić information content (AvgIpc) is 2.56. The maximum absolute atomic E-state index is 13.0. The van der Waals surface area contributed by atoms with Gasteiger partial charge in [0.2, 0.25) is 0 Å². The number of hydrogen-bond acceptors (Lipinski definition) is 2. The monoisotopic (exact) mass is 191 g/mol. The number of aromatic nitrogens is 2. The zero-order valence-corrected chi connectivity index (χ0v) is 7.71. The molecular formula is C10H10FN3. The smallest absolute Gasteiger partial charge is 0.123 e. The predicted octanol–water partition coefficient (Wildman–Crippen LogP) is 2.11. The summed E-state index contributed by atoms with van der Waals surface area (Å²) in [5.74, 6) is -0.278. The zero-order valence-electron chi connectivity index (χ0n) is 7.71. The van der Waals surface area contributed by atoms with Gasteiger partial charge in [-0.1, -0.05) is 6.07 Å². The van der Waals surface area contributed by atoms with Gasteiger partial charge in [0.15, 0.2) is 0 Å². The van der Waals surface area contributed by atoms with Crippen LogP contribution in [0, 0.1) is 12.7 Å². The van der Waals surface area contributed by atoms with Crippen molar-refractivity contribution < 1.29 is 4.39 Å². The highest BCUT2D eigenvalue weighted by molar-refractivity contribution is 5.74. The summed E-state index contributed by atoms with van der Waals surface area (Å²) in [5, 5.41) is 6.54. The standard InChI is InChI=1S/C10H10FN3/c1-6-2-3-7(11)4-8(6)10-9(12)5-13-14-10/h2-5H,12H2,1H3,(H,13,14). The quantitative estimate of drug-likeness (QED) is 0.725. The summed E-state index contributed by atoms with van der Waals surface area (Å²) >= 11 is 0. The highest BCUT2D eigenvalue weighted by Gasteiger charge is 2.08. The average molecular weight is 191 g/mol. The van der Waals surface area contributed by atoms with Crippen LogP contribution in [0.25, 0.3) is 11.3 Å². The van der Waals surface area contributed by atoms with Gasteiger partial charge < -0.3 is 5.73 Å². The number of nitrogens with zero attached hydrogens (tertiary/aromatic N) is 1. The molecule has 4 heteroatoms. The highest BCUT2D eigenvalue weighted by atomic mass is 19.1. The number of aromatic amines is 1. The SMILES string of the molecule is Cc1ccc(F)cc1-c1[nH]ncc1N. The minimum Gasteiger partial charge on any atom is -0.396 e. The molecule has 0 saturated carbocycles. The molecular weight excluding hydrogens is 181 g/mol. The van der Waals surface area contributed by atoms with Crippen molar-refractivity contribution in [2.24, 2.45) is 0 Å². The van der Waals surface area contributed by atoms with Gasteiger partial charge in [-0.2, -0.15) is 5.10 Å². The van der Waals surface area contributed by atoms with E-state index in [0.29, 0.717) is 11.4 Å². The summed E-state index contributed by atoms with van der Waals surface area (Å²) in [6.07, 6.45) is 1.51. The third-order valence-corrected chi connectivity index (χ3v) is 2.14. The molecule has 0 aliphatic rings. The van der Waals surface area contributed by atoms with Crippen LogP contribution in [0.1, 0.15) is 5.56 Å². The van der Waals surface area contributed by atoms with Crippen molar-refractivity contribution in [3.63, 3.8) is 0 Å². The van der Waals surface area contributed by atoms with E-state index in [2.05, 4.69) is 10.2 Å². The van der Waals surface area contributed by atoms with Gasteiger partial charge >= 0.3 is 0 Å². The number of nitrogens with two attached hydrogens (primary N) is 1. The number of aryl methyl sites for hydroxylation is 1. The van der Waals surface area contributed by atoms with Gasteiger partial charge in [0.1, 0.15) is 5.82 Å². The van der Waals surface area contributed by atoms with E-state index in [4.69, 9.17) is 5.73 Å². The van der Waals surface area contributed by atoms with E-state index in [-0.39, 0.29) is 5.82 Å². The molecule has 1 aromatic carbocycles. The molecule has 0 amide bonds. The van der Waals surface area contributed by atoms with Crippen LogP contribution < -0.4 is 5.73 Å². The molecule has 3 N–H and O–H groups in total. The molecule has 0 aliphatic heterocycles. The summed E-state index contributed by atoms with van der Waals surface area (Å²) in [4.78, 5) is 0. The van der Waals surface area contributed by atoms with E-state index in [9.17, 15) is 4.39 Å². The highest BCUT2D eigenvalue weighted by Crippen LogP contribution is 2.26. The summed E-state index contributed by atoms with van der Waals surface area (Å²) in [6.45, 7) is 1.90. The number of halogens is 1. The summed E-state index contributed by atoms with van der Waals surface area (Å²) in [6, 6.07) is 4.58. The van der Waals surface area contributed by atoms with Gasteiger partial charge in [0.05, 0.1) is 17.6 Å². The van der Waals surface area contributed by atoms with E-state index < -0.39 is 0 Å². The van der Waals surface area contributed by atoms with Crippen molar-refractivity contribution in [2.75, 3.05) is 5.73 Å². The fourth-order valence-electron chi connectivity index (χ4n) is 1.37. The Kier molecular flexibility index (Phi) is 1.96. The predicted molar refractivity (Wildman–Crippen MR) is 53.1 cm³/mol. The number of nitrogens with one attached hydrogen (secondary N) is 1. The number of anilines is 1. The van der Waals surface area contributed by atoms with Crippen molar-refractivity contribution in [1.29, 1.82) is 0 Å². The first-order valence-corrected chi connectivity index (χ1v) is 4.24. The summed E-state index contributed by atoms with van der Waals surface area (Å²) in [7, 11) is 0. The second-order valence-electron chi connectivity index (χ2n) is 3.16. The molecule has 1 heterocycles. The molecule has 0 bridgehead atoms. The van der Waals surface area contributed by atoms with Crippen molar-refractivity contribution in [2.45, 2.75) is 6.92 Å². The van der Waals surface area contributed by atoms with Crippen LogP contribution in [-0.4, -0.2) is 10.2 Å². The van der Waals surface area contributed by atoms with Crippen molar-refractivity contribution in [3.05, 3.63) is 35.8 Å². The molecule has 3 nitrogen and oxygen atoms in total. The van der Waals surface area contributed by atoms with E-state index in [1.54, 1.807) is 6.07 Å². The largest absolute Gasteiger partial charge is 0.396 e. The molecule has 0 fully saturated rings. The van der Waals surface area contributed by atoms with Gasteiger partial charge in [-0.15, -0.1) is 0 Å². The molecule has 14 heavy (non-hydrogen) atoms. The first-order valence-electron chi connectivity index (χ1n) is 4.24. The Hall–Kier alpha value is -1.84. The Morgan fingerprint density at radius 2 is 2.21 bits per heavy atom. The molecule has 0 saturated heterocycles. The van der Waals surface area contributed by atoms with E-state index in [1.165, 1.54) is 18.3 Å². The van der Waals surface area contributed by atoms with Gasteiger partial charge in [-0.25, -0.2) is 4.39 Å². The minimum absolute atomic E-state index is 0.278. The van der Waals surface area contributed by atoms with E-state index in [0.717, 1.165) is 11.1 Å². The Bertz CT molecular complexity index is 462. The normalized spacial score (nSPS) is 10.4. The first kappa shape index (κ1) is 8.74. The Balaban J connectivity index is 2.62. The lowest BCUT2D eigenvalue weighted by Crippen LogP contribution is -1.90. The molecule has 1 aromatic heterocycles. The third kappa shape index (κ3) is 1.35. The summed E-state index contributed by atoms with van der Waals surface area (Å²) < 4.78 is 13.0. The Morgan fingerprint density at radius 3 is 2.86 bits per heavy atom. The van der Waals surface area contributed by atoms with Crippen LogP contribution in [0.5, 0.6) is 0 Å². The molecule has 0 atom stereocenters. The van der Waals surface area contributed by atoms with Gasteiger partial charge in [0.25, 0.3) is 0 Å². The van der Waals surface area contributed by atoms with Crippen LogP contribution in [0.3, 0.4) is 0 Å². The fraction of sp³-hybridized carbons (Fsp3) is 0.100. The molecule has 2 aromatic rings. The number of nitrogen functional groups attached to an aromatic ring is 1. The lowest BCUT2D eigenvalue weighted by atomic mass is 10.1. The third-order valence-electron chi connectivity index (χ3n) is 2.14. The fourth-order valence-corrected chi connectivity index (χ4v) is 1.37. The molecule has 0 aliphatic carbocycles. The lowest BCUT2D eigenvalue weighted by Gasteiger charge is -2.03. The van der Waals surface area contributed by atoms with Gasteiger partial charge in [-0.05, 0) is 24.6 Å². The number of rotatable bonds is 1. The Morgan fingerprint density at radius 1 is 1.43 bits per heavy atom. The van der Waals surface area contributed by atoms with Gasteiger partial charge in [-0.3, -0.25) is 5.10 Å². The van der Waals surface area contributed by atoms with Crippen molar-refractivity contribution >= 4 is 5.69 Å². The second-order valence-corrected chi connectivity index (χ2v) is 3.16. The van der Waals surface area contributed by atoms with Crippen molar-refractivity contribution in [3.8, 4) is 11.3 Å². The van der Waals surface area contributed by atoms with E-state index >= 15 is 0 Å². The molecule has 0 spiro atoms. The number of H-pyrrole nitrogens is 1. The van der Waals surface area contributed by atoms with Gasteiger partial charge in [0, 0.05) is 5.56 Å². The van der Waals surface area contributed by atoms with Crippen LogP contribution in [0.4, 0.5) is 10.1 Å². The lowest BCUT2D eigenvalue weighted by molar-refractivity contribution is 0.628. The minimum atomic E-state index is -0.278. The number of benzene rings is 1. The molecule has 0 unspecified atom stereocenters. The first-order chi connectivity index (χ1) is 6.68. The van der Waals surface area contributed by atoms with Crippen LogP contribution in [0.2, 0.25) is 0 Å². The van der Waals surface area contributed by atoms with E-state index in [1.807, 2.05) is 6.92 Å². The van der Waals surface area contributed by atoms with Crippen LogP contribution >= 0.6 is 0 Å². The second kappa shape index (κ2) is 3.14. The molecule has 72 valence electrons. The van der Waals surface area contributed by atoms with Crippen LogP contribution in [-0.2, 0) is 0 Å². The molecule has 0 radical (unpaired) electrons. The van der Waals surface area contributed by atoms with Crippen molar-refractivity contribution in [1.82, 2.24) is 10.2 Å². The zero-order chi connectivity index (χ0) is 10.1. The number of hydrogen-bond donors (Lipinski definition) is 2. The topological polar surface area (TPSA) is 54.7 Å². The maximum atomic E-state index is 13.0. The molecule has 2 rings (SSSR count). The summed E-state index contributed by atoms with van der Waals surface area (Å²) in [5.41, 5.74) is 8.58.